The smallest absolute Gasteiger partial charge is 0.323 e. The van der Waals surface area contributed by atoms with E-state index in [0.717, 1.165) is 12.1 Å². The van der Waals surface area contributed by atoms with E-state index in [4.69, 9.17) is 5.11 Å². The number of aliphatic carboxylic acids is 1. The minimum atomic E-state index is -1.01. The summed E-state index contributed by atoms with van der Waals surface area (Å²) in [4.78, 5) is 26.9. The summed E-state index contributed by atoms with van der Waals surface area (Å²) < 4.78 is 0. The van der Waals surface area contributed by atoms with Gasteiger partial charge in [0.1, 0.15) is 6.54 Å². The van der Waals surface area contributed by atoms with Gasteiger partial charge < -0.3 is 14.9 Å². The van der Waals surface area contributed by atoms with Gasteiger partial charge in [0.05, 0.1) is 0 Å². The van der Waals surface area contributed by atoms with Crippen molar-refractivity contribution in [2.75, 3.05) is 20.6 Å². The summed E-state index contributed by atoms with van der Waals surface area (Å²) in [6.45, 7) is 5.98. The van der Waals surface area contributed by atoms with E-state index in [1.807, 2.05) is 51.9 Å². The lowest BCUT2D eigenvalue weighted by Crippen LogP contribution is -2.48. The van der Waals surface area contributed by atoms with E-state index in [0.29, 0.717) is 5.56 Å². The van der Waals surface area contributed by atoms with E-state index in [1.54, 1.807) is 12.1 Å². The number of carboxylic acids is 1. The van der Waals surface area contributed by atoms with Crippen molar-refractivity contribution in [3.8, 4) is 0 Å². The molecule has 1 amide bonds. The topological polar surface area (TPSA) is 60.9 Å². The van der Waals surface area contributed by atoms with Crippen LogP contribution in [0, 0.1) is 0 Å². The van der Waals surface area contributed by atoms with Crippen molar-refractivity contribution in [3.05, 3.63) is 35.4 Å². The second-order valence-electron chi connectivity index (χ2n) is 6.39. The molecular weight excluding hydrogens is 268 g/mol. The summed E-state index contributed by atoms with van der Waals surface area (Å²) in [5.74, 6) is -1.27. The number of carbonyl (C=O) groups is 2. The third-order valence-corrected chi connectivity index (χ3v) is 3.05. The van der Waals surface area contributed by atoms with Crippen molar-refractivity contribution >= 4 is 11.9 Å². The highest BCUT2D eigenvalue weighted by Crippen LogP contribution is 2.17. The van der Waals surface area contributed by atoms with Crippen LogP contribution >= 0.6 is 0 Å². The van der Waals surface area contributed by atoms with Gasteiger partial charge in [0.15, 0.2) is 0 Å². The summed E-state index contributed by atoms with van der Waals surface area (Å²) in [5, 5.41) is 8.99. The van der Waals surface area contributed by atoms with Crippen LogP contribution in [-0.2, 0) is 11.3 Å². The SMILES string of the molecule is CN(C)Cc1ccc(C(=O)N(CC(=O)O)C(C)(C)C)cc1. The van der Waals surface area contributed by atoms with Gasteiger partial charge in [-0.25, -0.2) is 0 Å². The fourth-order valence-electron chi connectivity index (χ4n) is 2.02. The van der Waals surface area contributed by atoms with Crippen molar-refractivity contribution in [2.45, 2.75) is 32.9 Å². The molecule has 0 heterocycles. The molecule has 1 aromatic carbocycles. The van der Waals surface area contributed by atoms with E-state index in [2.05, 4.69) is 0 Å². The maximum Gasteiger partial charge on any atom is 0.323 e. The molecule has 1 rings (SSSR count). The van der Waals surface area contributed by atoms with Crippen LogP contribution in [-0.4, -0.2) is 53.0 Å². The molecular formula is C16H24N2O3. The van der Waals surface area contributed by atoms with Gasteiger partial charge in [-0.3, -0.25) is 9.59 Å². The second kappa shape index (κ2) is 6.72. The number of carboxylic acid groups (broad SMARTS) is 1. The van der Waals surface area contributed by atoms with E-state index >= 15 is 0 Å². The lowest BCUT2D eigenvalue weighted by atomic mass is 10.0. The van der Waals surface area contributed by atoms with Gasteiger partial charge >= 0.3 is 5.97 Å². The van der Waals surface area contributed by atoms with Crippen molar-refractivity contribution < 1.29 is 14.7 Å². The molecule has 5 nitrogen and oxygen atoms in total. The predicted molar refractivity (Wildman–Crippen MR) is 82.3 cm³/mol. The molecule has 0 unspecified atom stereocenters. The Morgan fingerprint density at radius 1 is 1.10 bits per heavy atom. The first-order chi connectivity index (χ1) is 9.61. The Bertz CT molecular complexity index is 501. The molecule has 0 radical (unpaired) electrons. The Balaban J connectivity index is 2.96. The number of amides is 1. The third-order valence-electron chi connectivity index (χ3n) is 3.05. The monoisotopic (exact) mass is 292 g/mol. The quantitative estimate of drug-likeness (QED) is 0.902. The third kappa shape index (κ3) is 5.19. The molecule has 1 N–H and O–H groups in total. The summed E-state index contributed by atoms with van der Waals surface area (Å²) in [6.07, 6.45) is 0. The lowest BCUT2D eigenvalue weighted by molar-refractivity contribution is -0.138. The second-order valence-corrected chi connectivity index (χ2v) is 6.39. The summed E-state index contributed by atoms with van der Waals surface area (Å²) >= 11 is 0. The van der Waals surface area contributed by atoms with Crippen LogP contribution in [0.3, 0.4) is 0 Å². The van der Waals surface area contributed by atoms with Gasteiger partial charge in [-0.15, -0.1) is 0 Å². The van der Waals surface area contributed by atoms with E-state index in [1.165, 1.54) is 4.90 Å². The maximum atomic E-state index is 12.5. The Kier molecular flexibility index (Phi) is 5.49. The minimum Gasteiger partial charge on any atom is -0.480 e. The molecule has 0 saturated carbocycles. The molecule has 1 aromatic rings. The molecule has 0 fully saturated rings. The highest BCUT2D eigenvalue weighted by atomic mass is 16.4. The van der Waals surface area contributed by atoms with Crippen LogP contribution in [0.4, 0.5) is 0 Å². The van der Waals surface area contributed by atoms with Crippen molar-refractivity contribution in [2.24, 2.45) is 0 Å². The highest BCUT2D eigenvalue weighted by molar-refractivity contribution is 5.96. The van der Waals surface area contributed by atoms with Crippen LogP contribution in [0.2, 0.25) is 0 Å². The molecule has 0 aliphatic rings. The average Bonchev–Trinajstić information content (AvgIpc) is 2.34. The Labute approximate surface area is 126 Å². The molecule has 21 heavy (non-hydrogen) atoms. The van der Waals surface area contributed by atoms with Gasteiger partial charge in [-0.05, 0) is 52.6 Å². The van der Waals surface area contributed by atoms with Crippen LogP contribution < -0.4 is 0 Å². The molecule has 0 aromatic heterocycles. The van der Waals surface area contributed by atoms with Crippen molar-refractivity contribution in [3.63, 3.8) is 0 Å². The summed E-state index contributed by atoms with van der Waals surface area (Å²) in [7, 11) is 3.96. The highest BCUT2D eigenvalue weighted by Gasteiger charge is 2.29. The van der Waals surface area contributed by atoms with Crippen LogP contribution in [0.1, 0.15) is 36.7 Å². The van der Waals surface area contributed by atoms with Gasteiger partial charge in [0.25, 0.3) is 5.91 Å². The first kappa shape index (κ1) is 17.2. The lowest BCUT2D eigenvalue weighted by Gasteiger charge is -2.34. The number of rotatable bonds is 5. The Morgan fingerprint density at radius 3 is 2.00 bits per heavy atom. The summed E-state index contributed by atoms with van der Waals surface area (Å²) in [6, 6.07) is 7.30. The number of carbonyl (C=O) groups excluding carboxylic acids is 1. The first-order valence-electron chi connectivity index (χ1n) is 6.88. The van der Waals surface area contributed by atoms with Crippen LogP contribution in [0.15, 0.2) is 24.3 Å². The zero-order valence-corrected chi connectivity index (χ0v) is 13.4. The number of nitrogens with zero attached hydrogens (tertiary/aromatic N) is 2. The number of hydrogen-bond acceptors (Lipinski definition) is 3. The molecule has 116 valence electrons. The fourth-order valence-corrected chi connectivity index (χ4v) is 2.02. The molecule has 0 atom stereocenters. The van der Waals surface area contributed by atoms with E-state index in [9.17, 15) is 9.59 Å². The van der Waals surface area contributed by atoms with Gasteiger partial charge in [-0.2, -0.15) is 0 Å². The minimum absolute atomic E-state index is 0.263. The van der Waals surface area contributed by atoms with Gasteiger partial charge in [-0.1, -0.05) is 12.1 Å². The maximum absolute atomic E-state index is 12.5. The molecule has 0 bridgehead atoms. The Morgan fingerprint density at radius 2 is 1.62 bits per heavy atom. The first-order valence-corrected chi connectivity index (χ1v) is 6.88. The normalized spacial score (nSPS) is 11.5. The molecule has 0 saturated heterocycles. The number of hydrogen-bond donors (Lipinski definition) is 1. The standard InChI is InChI=1S/C16H24N2O3/c1-16(2,3)18(11-14(19)20)15(21)13-8-6-12(7-9-13)10-17(4)5/h6-9H,10-11H2,1-5H3,(H,19,20). The number of benzene rings is 1. The van der Waals surface area contributed by atoms with Crippen molar-refractivity contribution in [1.82, 2.24) is 9.80 Å². The predicted octanol–water partition coefficient (Wildman–Crippen LogP) is 2.07. The van der Waals surface area contributed by atoms with E-state index in [-0.39, 0.29) is 12.5 Å². The summed E-state index contributed by atoms with van der Waals surface area (Å²) in [5.41, 5.74) is 1.07. The zero-order valence-electron chi connectivity index (χ0n) is 13.4. The average molecular weight is 292 g/mol. The van der Waals surface area contributed by atoms with Crippen LogP contribution in [0.5, 0.6) is 0 Å². The largest absolute Gasteiger partial charge is 0.480 e. The molecule has 5 heteroatoms. The molecule has 0 spiro atoms. The molecule has 0 aliphatic heterocycles. The zero-order chi connectivity index (χ0) is 16.2. The van der Waals surface area contributed by atoms with Gasteiger partial charge in [0.2, 0.25) is 0 Å². The van der Waals surface area contributed by atoms with E-state index < -0.39 is 11.5 Å². The van der Waals surface area contributed by atoms with Crippen LogP contribution in [0.25, 0.3) is 0 Å². The fraction of sp³-hybridized carbons (Fsp3) is 0.500. The Hall–Kier alpha value is -1.88. The van der Waals surface area contributed by atoms with Crippen molar-refractivity contribution in [1.29, 1.82) is 0 Å². The van der Waals surface area contributed by atoms with Gasteiger partial charge in [0, 0.05) is 17.6 Å². The molecule has 0 aliphatic carbocycles.